The van der Waals surface area contributed by atoms with Crippen LogP contribution in [0.3, 0.4) is 0 Å². The van der Waals surface area contributed by atoms with Crippen LogP contribution in [-0.2, 0) is 10.1 Å². The summed E-state index contributed by atoms with van der Waals surface area (Å²) in [6.45, 7) is 0.822. The van der Waals surface area contributed by atoms with Gasteiger partial charge in [0, 0.05) is 0 Å². The monoisotopic (exact) mass is 160 g/mol. The zero-order valence-electron chi connectivity index (χ0n) is 5.07. The Morgan fingerprint density at radius 2 is 1.70 bits per heavy atom. The lowest BCUT2D eigenvalue weighted by molar-refractivity contribution is 0.469. The molecule has 0 bridgehead atoms. The van der Waals surface area contributed by atoms with E-state index in [0.717, 1.165) is 6.92 Å². The fourth-order valence-corrected chi connectivity index (χ4v) is 0.371. The Bertz CT molecular complexity index is 290. The highest BCUT2D eigenvalue weighted by Crippen LogP contribution is 2.11. The lowest BCUT2D eigenvalue weighted by Gasteiger charge is -2.05. The van der Waals surface area contributed by atoms with Crippen LogP contribution in [0.1, 0.15) is 6.92 Å². The molecular weight excluding hydrogens is 156 g/mol. The molecule has 54 valence electrons. The molecule has 0 atom stereocenters. The van der Waals surface area contributed by atoms with Crippen LogP contribution in [-0.4, -0.2) is 17.7 Å². The molecule has 0 aliphatic carbocycles. The first-order valence-corrected chi connectivity index (χ1v) is 3.61. The van der Waals surface area contributed by atoms with E-state index in [1.165, 1.54) is 12.1 Å². The van der Waals surface area contributed by atoms with Crippen LogP contribution in [0.5, 0.6) is 0 Å². The highest BCUT2D eigenvalue weighted by molar-refractivity contribution is 7.87. The summed E-state index contributed by atoms with van der Waals surface area (Å²) in [5.74, 6) is 0. The lowest BCUT2D eigenvalue weighted by Crippen LogP contribution is -2.30. The summed E-state index contributed by atoms with van der Waals surface area (Å²) in [6.07, 6.45) is 0. The molecule has 0 aromatic rings. The maximum Gasteiger partial charge on any atom is 0.297 e. The minimum Gasteiger partial charge on any atom is -0.284 e. The molecule has 1 N–H and O–H groups in total. The number of nitriles is 2. The summed E-state index contributed by atoms with van der Waals surface area (Å²) in [5.41, 5.74) is 0. The fraction of sp³-hybridized carbons (Fsp3) is 0.500. The van der Waals surface area contributed by atoms with Gasteiger partial charge in [0.2, 0.25) is 0 Å². The smallest absolute Gasteiger partial charge is 0.284 e. The number of nitrogens with zero attached hydrogens (tertiary/aromatic N) is 2. The van der Waals surface area contributed by atoms with Gasteiger partial charge in [-0.25, -0.2) is 0 Å². The third-order valence-corrected chi connectivity index (χ3v) is 2.16. The van der Waals surface area contributed by atoms with Gasteiger partial charge < -0.3 is 0 Å². The van der Waals surface area contributed by atoms with Gasteiger partial charge in [-0.15, -0.1) is 0 Å². The summed E-state index contributed by atoms with van der Waals surface area (Å²) in [6, 6.07) is 2.34. The molecule has 0 aliphatic heterocycles. The molecule has 0 radical (unpaired) electrons. The first-order valence-electron chi connectivity index (χ1n) is 2.17. The summed E-state index contributed by atoms with van der Waals surface area (Å²) < 4.78 is 26.4. The Morgan fingerprint density at radius 1 is 1.40 bits per heavy atom. The zero-order valence-corrected chi connectivity index (χ0v) is 5.88. The average Bonchev–Trinajstić information content (AvgIpc) is 1.84. The van der Waals surface area contributed by atoms with Crippen molar-refractivity contribution >= 4 is 10.1 Å². The Kier molecular flexibility index (Phi) is 2.00. The molecule has 0 aromatic heterocycles. The van der Waals surface area contributed by atoms with E-state index in [0.29, 0.717) is 0 Å². The van der Waals surface area contributed by atoms with Crippen molar-refractivity contribution in [3.63, 3.8) is 0 Å². The van der Waals surface area contributed by atoms with Crippen LogP contribution in [0, 0.1) is 22.7 Å². The zero-order chi connectivity index (χ0) is 8.41. The van der Waals surface area contributed by atoms with Gasteiger partial charge in [0.25, 0.3) is 14.9 Å². The van der Waals surface area contributed by atoms with E-state index < -0.39 is 14.9 Å². The molecule has 0 amide bonds. The molecule has 0 spiro atoms. The predicted molar refractivity (Wildman–Crippen MR) is 31.2 cm³/mol. The van der Waals surface area contributed by atoms with E-state index in [1.54, 1.807) is 0 Å². The van der Waals surface area contributed by atoms with Crippen molar-refractivity contribution in [3.8, 4) is 12.1 Å². The average molecular weight is 160 g/mol. The Balaban J connectivity index is 5.19. The number of hydrogen-bond donors (Lipinski definition) is 1. The van der Waals surface area contributed by atoms with E-state index in [4.69, 9.17) is 15.1 Å². The second-order valence-electron chi connectivity index (χ2n) is 1.73. The van der Waals surface area contributed by atoms with Crippen LogP contribution in [0.15, 0.2) is 0 Å². The van der Waals surface area contributed by atoms with Crippen molar-refractivity contribution in [1.29, 1.82) is 10.5 Å². The van der Waals surface area contributed by atoms with Crippen LogP contribution >= 0.6 is 0 Å². The molecule has 0 saturated carbocycles. The first-order chi connectivity index (χ1) is 4.37. The maximum absolute atomic E-state index is 10.2. The molecule has 0 aliphatic rings. The second kappa shape index (κ2) is 2.25. The Morgan fingerprint density at radius 3 is 1.70 bits per heavy atom. The predicted octanol–water partition coefficient (Wildman–Crippen LogP) is -0.320. The van der Waals surface area contributed by atoms with Gasteiger partial charge >= 0.3 is 0 Å². The highest BCUT2D eigenvalue weighted by Gasteiger charge is 2.38. The molecule has 0 unspecified atom stereocenters. The van der Waals surface area contributed by atoms with Crippen molar-refractivity contribution in [2.45, 2.75) is 11.7 Å². The largest absolute Gasteiger partial charge is 0.297 e. The van der Waals surface area contributed by atoms with Crippen LogP contribution in [0.25, 0.3) is 0 Å². The van der Waals surface area contributed by atoms with Gasteiger partial charge in [0.1, 0.15) is 12.1 Å². The van der Waals surface area contributed by atoms with Crippen molar-refractivity contribution in [1.82, 2.24) is 0 Å². The summed E-state index contributed by atoms with van der Waals surface area (Å²) in [5, 5.41) is 16.2. The van der Waals surface area contributed by atoms with E-state index in [-0.39, 0.29) is 0 Å². The SMILES string of the molecule is CC(C#N)(C#N)S(=O)(=O)O. The third kappa shape index (κ3) is 1.24. The van der Waals surface area contributed by atoms with Gasteiger partial charge in [-0.1, -0.05) is 0 Å². The van der Waals surface area contributed by atoms with Crippen LogP contribution < -0.4 is 0 Å². The van der Waals surface area contributed by atoms with E-state index >= 15 is 0 Å². The van der Waals surface area contributed by atoms with E-state index in [1.807, 2.05) is 0 Å². The summed E-state index contributed by atoms with van der Waals surface area (Å²) in [7, 11) is -4.59. The topological polar surface area (TPSA) is 102 Å². The van der Waals surface area contributed by atoms with Gasteiger partial charge in [-0.3, -0.25) is 4.55 Å². The molecule has 0 heterocycles. The van der Waals surface area contributed by atoms with Crippen molar-refractivity contribution in [2.24, 2.45) is 0 Å². The lowest BCUT2D eigenvalue weighted by atomic mass is 10.2. The minimum atomic E-state index is -4.59. The van der Waals surface area contributed by atoms with Gasteiger partial charge in [0.15, 0.2) is 0 Å². The molecule has 0 fully saturated rings. The molecule has 0 aromatic carbocycles. The molecule has 10 heavy (non-hydrogen) atoms. The maximum atomic E-state index is 10.2. The summed E-state index contributed by atoms with van der Waals surface area (Å²) in [4.78, 5) is 0. The summed E-state index contributed by atoms with van der Waals surface area (Å²) >= 11 is 0. The standard InChI is InChI=1S/C4H4N2O3S/c1-4(2-5,3-6)10(7,8)9/h1H3,(H,7,8,9). The molecule has 0 rings (SSSR count). The third-order valence-electron chi connectivity index (χ3n) is 0.943. The van der Waals surface area contributed by atoms with Gasteiger partial charge in [-0.05, 0) is 6.92 Å². The minimum absolute atomic E-state index is 0.822. The Labute approximate surface area is 58.2 Å². The van der Waals surface area contributed by atoms with E-state index in [2.05, 4.69) is 0 Å². The quantitative estimate of drug-likeness (QED) is 0.529. The van der Waals surface area contributed by atoms with Crippen LogP contribution in [0.2, 0.25) is 0 Å². The number of rotatable bonds is 1. The normalized spacial score (nSPS) is 11.6. The van der Waals surface area contributed by atoms with Gasteiger partial charge in [-0.2, -0.15) is 18.9 Å². The first kappa shape index (κ1) is 8.89. The molecule has 5 nitrogen and oxygen atoms in total. The Hall–Kier alpha value is -1.11. The van der Waals surface area contributed by atoms with Gasteiger partial charge in [0.05, 0.1) is 0 Å². The van der Waals surface area contributed by atoms with Crippen molar-refractivity contribution in [3.05, 3.63) is 0 Å². The fourth-order valence-electron chi connectivity index (χ4n) is 0.140. The highest BCUT2D eigenvalue weighted by atomic mass is 32.2. The molecular formula is C4H4N2O3S. The van der Waals surface area contributed by atoms with E-state index in [9.17, 15) is 8.42 Å². The molecule has 0 saturated heterocycles. The second-order valence-corrected chi connectivity index (χ2v) is 3.50. The molecule has 6 heteroatoms. The van der Waals surface area contributed by atoms with Crippen LogP contribution in [0.4, 0.5) is 0 Å². The number of hydrogen-bond acceptors (Lipinski definition) is 4. The van der Waals surface area contributed by atoms with Crippen molar-refractivity contribution in [2.75, 3.05) is 0 Å². The van der Waals surface area contributed by atoms with Crippen molar-refractivity contribution < 1.29 is 13.0 Å².